The number of rotatable bonds is 4. The van der Waals surface area contributed by atoms with E-state index in [0.29, 0.717) is 6.61 Å². The zero-order valence-electron chi connectivity index (χ0n) is 11.2. The average molecular weight is 311 g/mol. The van der Waals surface area contributed by atoms with Crippen LogP contribution >= 0.6 is 11.6 Å². The molecule has 0 aromatic carbocycles. The van der Waals surface area contributed by atoms with Gasteiger partial charge in [-0.3, -0.25) is 4.98 Å². The third-order valence-electron chi connectivity index (χ3n) is 2.92. The van der Waals surface area contributed by atoms with Gasteiger partial charge in [-0.2, -0.15) is 0 Å². The number of amidine groups is 1. The van der Waals surface area contributed by atoms with Crippen molar-refractivity contribution in [3.05, 3.63) is 28.5 Å². The third-order valence-corrected chi connectivity index (χ3v) is 3.20. The molecule has 1 unspecified atom stereocenters. The molecule has 0 amide bonds. The lowest BCUT2D eigenvalue weighted by molar-refractivity contribution is 0.0226. The monoisotopic (exact) mass is 310 g/mol. The zero-order chi connectivity index (χ0) is 15.2. The number of aliphatic imine (C=N–C) groups is 2. The molecule has 1 saturated heterocycles. The number of halogens is 1. The van der Waals surface area contributed by atoms with Crippen LogP contribution < -0.4 is 5.73 Å². The number of nitrogens with two attached hydrogens (primary N) is 1. The molecule has 2 heterocycles. The van der Waals surface area contributed by atoms with Crippen LogP contribution in [0.2, 0.25) is 5.02 Å². The van der Waals surface area contributed by atoms with Crippen molar-refractivity contribution in [2.75, 3.05) is 6.61 Å². The van der Waals surface area contributed by atoms with Gasteiger partial charge >= 0.3 is 5.97 Å². The average Bonchev–Trinajstić information content (AvgIpc) is 2.48. The van der Waals surface area contributed by atoms with Gasteiger partial charge in [-0.1, -0.05) is 11.6 Å². The number of nitrogens with zero attached hydrogens (tertiary/aromatic N) is 3. The predicted molar refractivity (Wildman–Crippen MR) is 79.0 cm³/mol. The fraction of sp³-hybridized carbons (Fsp3) is 0.385. The lowest BCUT2D eigenvalue weighted by Crippen LogP contribution is -2.18. The molecule has 0 aliphatic carbocycles. The Kier molecular flexibility index (Phi) is 5.24. The number of aromatic carboxylic acids is 1. The van der Waals surface area contributed by atoms with Crippen LogP contribution in [0.25, 0.3) is 0 Å². The van der Waals surface area contributed by atoms with Crippen LogP contribution in [0.5, 0.6) is 0 Å². The largest absolute Gasteiger partial charge is 0.478 e. The molecule has 1 aliphatic rings. The number of hydrogen-bond donors (Lipinski definition) is 2. The summed E-state index contributed by atoms with van der Waals surface area (Å²) in [6.45, 7) is 0.700. The molecule has 0 bridgehead atoms. The second-order valence-corrected chi connectivity index (χ2v) is 4.87. The zero-order valence-corrected chi connectivity index (χ0v) is 12.0. The van der Waals surface area contributed by atoms with E-state index in [0.717, 1.165) is 19.3 Å². The van der Waals surface area contributed by atoms with E-state index in [4.69, 9.17) is 27.2 Å². The van der Waals surface area contributed by atoms with Crippen molar-refractivity contribution < 1.29 is 14.6 Å². The van der Waals surface area contributed by atoms with Gasteiger partial charge < -0.3 is 15.6 Å². The van der Waals surface area contributed by atoms with Crippen LogP contribution in [0.1, 0.15) is 35.3 Å². The number of hydrogen-bond acceptors (Lipinski definition) is 4. The molecule has 0 saturated carbocycles. The quantitative estimate of drug-likeness (QED) is 0.649. The van der Waals surface area contributed by atoms with E-state index in [2.05, 4.69) is 15.0 Å². The molecule has 3 N–H and O–H groups in total. The number of ether oxygens (including phenoxy) is 1. The minimum Gasteiger partial charge on any atom is -0.478 e. The first-order chi connectivity index (χ1) is 10.1. The van der Waals surface area contributed by atoms with Crippen molar-refractivity contribution in [2.45, 2.75) is 25.5 Å². The summed E-state index contributed by atoms with van der Waals surface area (Å²) < 4.78 is 5.42. The van der Waals surface area contributed by atoms with Crippen LogP contribution in [0, 0.1) is 0 Å². The lowest BCUT2D eigenvalue weighted by Gasteiger charge is -2.17. The second kappa shape index (κ2) is 7.14. The molecule has 2 rings (SSSR count). The number of aromatic nitrogens is 1. The first-order valence-corrected chi connectivity index (χ1v) is 6.81. The van der Waals surface area contributed by atoms with Gasteiger partial charge in [-0.15, -0.1) is 0 Å². The summed E-state index contributed by atoms with van der Waals surface area (Å²) in [5.74, 6) is -1.04. The van der Waals surface area contributed by atoms with E-state index in [1.807, 2.05) is 0 Å². The highest BCUT2D eigenvalue weighted by molar-refractivity contribution is 6.34. The molecule has 21 heavy (non-hydrogen) atoms. The molecule has 112 valence electrons. The van der Waals surface area contributed by atoms with E-state index in [9.17, 15) is 4.79 Å². The fourth-order valence-electron chi connectivity index (χ4n) is 1.82. The molecule has 1 atom stereocenters. The summed E-state index contributed by atoms with van der Waals surface area (Å²) in [4.78, 5) is 22.8. The standard InChI is InChI=1S/C13H15ClN4O3/c14-9-5-8(13(19)20)6-16-11(9)12(15)18-7-17-10-3-1-2-4-21-10/h5-7,10H,1-4H2,(H,19,20)(H2,15,17,18). The van der Waals surface area contributed by atoms with Crippen LogP contribution in [-0.4, -0.2) is 41.1 Å². The number of pyridine rings is 1. The van der Waals surface area contributed by atoms with Crippen molar-refractivity contribution in [3.63, 3.8) is 0 Å². The van der Waals surface area contributed by atoms with Gasteiger partial charge in [0, 0.05) is 12.8 Å². The van der Waals surface area contributed by atoms with Gasteiger partial charge in [0.2, 0.25) is 0 Å². The SMILES string of the molecule is NC(=NC=NC1CCCCO1)c1ncc(C(=O)O)cc1Cl. The Morgan fingerprint density at radius 3 is 3.00 bits per heavy atom. The minimum absolute atomic E-state index is 0.0131. The van der Waals surface area contributed by atoms with Gasteiger partial charge in [0.25, 0.3) is 0 Å². The van der Waals surface area contributed by atoms with Gasteiger partial charge in [-0.05, 0) is 25.3 Å². The lowest BCUT2D eigenvalue weighted by atomic mass is 10.2. The molecule has 1 aromatic heterocycles. The highest BCUT2D eigenvalue weighted by Gasteiger charge is 2.12. The molecule has 1 aromatic rings. The fourth-order valence-corrected chi connectivity index (χ4v) is 2.08. The molecule has 0 spiro atoms. The Bertz CT molecular complexity index is 583. The summed E-state index contributed by atoms with van der Waals surface area (Å²) in [5, 5.41) is 8.95. The van der Waals surface area contributed by atoms with E-state index in [-0.39, 0.29) is 28.3 Å². The Labute approximate surface area is 126 Å². The van der Waals surface area contributed by atoms with Gasteiger partial charge in [0.1, 0.15) is 18.3 Å². The van der Waals surface area contributed by atoms with Crippen molar-refractivity contribution in [1.29, 1.82) is 0 Å². The van der Waals surface area contributed by atoms with Gasteiger partial charge in [0.15, 0.2) is 5.84 Å². The summed E-state index contributed by atoms with van der Waals surface area (Å²) in [5.41, 5.74) is 5.97. The normalized spacial score (nSPS) is 19.9. The summed E-state index contributed by atoms with van der Waals surface area (Å²) in [6.07, 6.45) is 5.28. The maximum atomic E-state index is 10.8. The Hall–Kier alpha value is -1.99. The summed E-state index contributed by atoms with van der Waals surface area (Å²) >= 11 is 5.94. The highest BCUT2D eigenvalue weighted by atomic mass is 35.5. The molecular formula is C13H15ClN4O3. The van der Waals surface area contributed by atoms with Crippen molar-refractivity contribution >= 4 is 29.7 Å². The van der Waals surface area contributed by atoms with Gasteiger partial charge in [-0.25, -0.2) is 14.8 Å². The maximum Gasteiger partial charge on any atom is 0.337 e. The predicted octanol–water partition coefficient (Wildman–Crippen LogP) is 1.69. The van der Waals surface area contributed by atoms with E-state index < -0.39 is 5.97 Å². The number of carbonyl (C=O) groups is 1. The number of carboxylic acids is 1. The first kappa shape index (κ1) is 15.4. The van der Waals surface area contributed by atoms with E-state index in [1.54, 1.807) is 0 Å². The van der Waals surface area contributed by atoms with Crippen LogP contribution in [0.15, 0.2) is 22.2 Å². The Balaban J connectivity index is 2.08. The van der Waals surface area contributed by atoms with Crippen molar-refractivity contribution in [2.24, 2.45) is 15.7 Å². The smallest absolute Gasteiger partial charge is 0.337 e. The molecular weight excluding hydrogens is 296 g/mol. The molecule has 0 radical (unpaired) electrons. The highest BCUT2D eigenvalue weighted by Crippen LogP contribution is 2.15. The van der Waals surface area contributed by atoms with E-state index in [1.165, 1.54) is 18.6 Å². The van der Waals surface area contributed by atoms with Gasteiger partial charge in [0.05, 0.1) is 10.6 Å². The van der Waals surface area contributed by atoms with Crippen molar-refractivity contribution in [1.82, 2.24) is 4.98 Å². The summed E-state index contributed by atoms with van der Waals surface area (Å²) in [6, 6.07) is 1.27. The van der Waals surface area contributed by atoms with Crippen LogP contribution in [0.3, 0.4) is 0 Å². The molecule has 1 aliphatic heterocycles. The second-order valence-electron chi connectivity index (χ2n) is 4.46. The molecule has 7 nitrogen and oxygen atoms in total. The molecule has 8 heteroatoms. The Morgan fingerprint density at radius 2 is 2.38 bits per heavy atom. The summed E-state index contributed by atoms with van der Waals surface area (Å²) in [7, 11) is 0. The van der Waals surface area contributed by atoms with Crippen molar-refractivity contribution in [3.8, 4) is 0 Å². The third kappa shape index (κ3) is 4.24. The number of carboxylic acid groups (broad SMARTS) is 1. The molecule has 1 fully saturated rings. The minimum atomic E-state index is -1.11. The Morgan fingerprint density at radius 1 is 1.57 bits per heavy atom. The maximum absolute atomic E-state index is 10.8. The van der Waals surface area contributed by atoms with E-state index >= 15 is 0 Å². The topological polar surface area (TPSA) is 110 Å². The first-order valence-electron chi connectivity index (χ1n) is 6.43. The van der Waals surface area contributed by atoms with Crippen LogP contribution in [-0.2, 0) is 4.74 Å². The van der Waals surface area contributed by atoms with Crippen LogP contribution in [0.4, 0.5) is 0 Å².